The van der Waals surface area contributed by atoms with Gasteiger partial charge in [0.15, 0.2) is 0 Å². The van der Waals surface area contributed by atoms with Crippen molar-refractivity contribution in [1.82, 2.24) is 15.4 Å². The van der Waals surface area contributed by atoms with E-state index in [1.807, 2.05) is 42.5 Å². The number of benzene rings is 4. The zero-order valence-corrected chi connectivity index (χ0v) is 18.9. The van der Waals surface area contributed by atoms with E-state index in [1.54, 1.807) is 12.1 Å². The van der Waals surface area contributed by atoms with Crippen LogP contribution in [0.3, 0.4) is 0 Å². The average molecular weight is 482 g/mol. The van der Waals surface area contributed by atoms with Crippen molar-refractivity contribution in [2.24, 2.45) is 10.2 Å². The molecule has 0 saturated heterocycles. The van der Waals surface area contributed by atoms with Crippen LogP contribution in [0.1, 0.15) is 11.1 Å². The molecule has 5 rings (SSSR count). The van der Waals surface area contributed by atoms with Crippen LogP contribution in [0, 0.1) is 27.2 Å². The van der Waals surface area contributed by atoms with Crippen molar-refractivity contribution in [2.75, 3.05) is 5.32 Å². The number of hydrogen-bond acceptors (Lipinski definition) is 9. The van der Waals surface area contributed by atoms with Crippen molar-refractivity contribution >= 4 is 50.2 Å². The van der Waals surface area contributed by atoms with Gasteiger partial charge in [-0.05, 0) is 35.4 Å². The van der Waals surface area contributed by atoms with Gasteiger partial charge >= 0.3 is 0 Å². The molecule has 0 aliphatic rings. The number of nitrogens with zero attached hydrogens (tertiary/aromatic N) is 6. The molecular weight excluding hydrogens is 464 g/mol. The number of rotatable bonds is 7. The van der Waals surface area contributed by atoms with Gasteiger partial charge in [0.05, 0.1) is 27.2 Å². The summed E-state index contributed by atoms with van der Waals surface area (Å²) in [5.41, 5.74) is 2.30. The van der Waals surface area contributed by atoms with Crippen molar-refractivity contribution < 1.29 is 9.85 Å². The molecule has 0 saturated carbocycles. The molecular formula is C24H18N8O4. The molecule has 0 aliphatic heterocycles. The molecule has 0 amide bonds. The molecule has 1 heterocycles. The minimum Gasteiger partial charge on any atom is -0.379 e. The number of nitrogens with one attached hydrogen (secondary N) is 2. The Morgan fingerprint density at radius 1 is 0.944 bits per heavy atom. The van der Waals surface area contributed by atoms with Gasteiger partial charge in [-0.25, -0.2) is 0 Å². The molecule has 1 aromatic heterocycles. The Bertz CT molecular complexity index is 1670. The summed E-state index contributed by atoms with van der Waals surface area (Å²) in [5.74, 6) is 0. The van der Waals surface area contributed by atoms with Crippen molar-refractivity contribution in [3.8, 4) is 0 Å². The van der Waals surface area contributed by atoms with E-state index in [-0.39, 0.29) is 11.3 Å². The Morgan fingerprint density at radius 3 is 2.56 bits per heavy atom. The number of non-ortho nitro benzene ring substituents is 1. The lowest BCUT2D eigenvalue weighted by atomic mass is 10.0. The van der Waals surface area contributed by atoms with Crippen LogP contribution in [0.5, 0.6) is 0 Å². The molecule has 178 valence electrons. The lowest BCUT2D eigenvalue weighted by Gasteiger charge is -2.11. The van der Waals surface area contributed by atoms with E-state index in [0.29, 0.717) is 29.0 Å². The number of aromatic amines is 1. The van der Waals surface area contributed by atoms with Crippen LogP contribution < -0.4 is 5.32 Å². The quantitative estimate of drug-likeness (QED) is 0.157. The molecule has 12 nitrogen and oxygen atoms in total. The summed E-state index contributed by atoms with van der Waals surface area (Å²) in [7, 11) is 0. The van der Waals surface area contributed by atoms with Gasteiger partial charge in [0.2, 0.25) is 0 Å². The first-order valence-corrected chi connectivity index (χ1v) is 10.8. The topological polar surface area (TPSA) is 165 Å². The number of azo groups is 1. The van der Waals surface area contributed by atoms with Crippen molar-refractivity contribution in [2.45, 2.75) is 13.5 Å². The van der Waals surface area contributed by atoms with Crippen molar-refractivity contribution in [3.63, 3.8) is 0 Å². The molecule has 0 fully saturated rings. The number of H-pyrrole nitrogens is 1. The first-order valence-electron chi connectivity index (χ1n) is 10.8. The largest absolute Gasteiger partial charge is 0.379 e. The minimum atomic E-state index is -0.707. The monoisotopic (exact) mass is 482 g/mol. The highest BCUT2D eigenvalue weighted by Gasteiger charge is 2.22. The fraction of sp³-hybridized carbons (Fsp3) is 0.0833. The lowest BCUT2D eigenvalue weighted by molar-refractivity contribution is -0.394. The van der Waals surface area contributed by atoms with Gasteiger partial charge in [-0.15, -0.1) is 10.2 Å². The van der Waals surface area contributed by atoms with Gasteiger partial charge in [0.25, 0.3) is 11.4 Å². The Labute approximate surface area is 203 Å². The van der Waals surface area contributed by atoms with E-state index in [2.05, 4.69) is 31.0 Å². The zero-order chi connectivity index (χ0) is 25.2. The second-order valence-corrected chi connectivity index (χ2v) is 7.97. The fourth-order valence-corrected chi connectivity index (χ4v) is 3.95. The van der Waals surface area contributed by atoms with E-state index in [0.717, 1.165) is 28.5 Å². The molecule has 4 aromatic carbocycles. The molecule has 0 atom stereocenters. The summed E-state index contributed by atoms with van der Waals surface area (Å²) in [5, 5.41) is 47.6. The third-order valence-electron chi connectivity index (χ3n) is 5.81. The molecule has 0 radical (unpaired) electrons. The number of fused-ring (bicyclic) bond motifs is 2. The lowest BCUT2D eigenvalue weighted by Crippen LogP contribution is -2.00. The smallest absolute Gasteiger partial charge is 0.281 e. The number of aromatic nitrogens is 3. The number of nitro groups is 2. The summed E-state index contributed by atoms with van der Waals surface area (Å²) < 4.78 is 0. The maximum absolute atomic E-state index is 11.4. The molecule has 12 heteroatoms. The van der Waals surface area contributed by atoms with Gasteiger partial charge in [0.1, 0.15) is 22.4 Å². The standard InChI is InChI=1S/C24H18N8O4/c1-14-21(11-17(31(33)34)12-22(14)32(35)36)26-28-23-19(9-10-20-24(23)29-30-27-20)25-13-16-7-4-6-15-5-2-3-8-18(15)16/h2-12,25H,13H2,1H3,(H,27,29,30). The number of hydrogen-bond donors (Lipinski definition) is 2. The van der Waals surface area contributed by atoms with Crippen LogP contribution in [-0.2, 0) is 6.54 Å². The van der Waals surface area contributed by atoms with Gasteiger partial charge in [0, 0.05) is 12.6 Å². The van der Waals surface area contributed by atoms with Crippen molar-refractivity contribution in [1.29, 1.82) is 0 Å². The Morgan fingerprint density at radius 2 is 1.75 bits per heavy atom. The van der Waals surface area contributed by atoms with Crippen LogP contribution in [0.4, 0.5) is 28.4 Å². The van der Waals surface area contributed by atoms with E-state index < -0.39 is 21.2 Å². The van der Waals surface area contributed by atoms with Gasteiger partial charge < -0.3 is 5.32 Å². The average Bonchev–Trinajstić information content (AvgIpc) is 3.36. The Kier molecular flexibility index (Phi) is 5.74. The van der Waals surface area contributed by atoms with E-state index in [4.69, 9.17) is 0 Å². The summed E-state index contributed by atoms with van der Waals surface area (Å²) in [6.07, 6.45) is 0. The van der Waals surface area contributed by atoms with Gasteiger partial charge in [-0.3, -0.25) is 20.2 Å². The fourth-order valence-electron chi connectivity index (χ4n) is 3.95. The molecule has 0 spiro atoms. The predicted octanol–water partition coefficient (Wildman–Crippen LogP) is 6.26. The summed E-state index contributed by atoms with van der Waals surface area (Å²) in [6.45, 7) is 1.95. The molecule has 5 aromatic rings. The summed E-state index contributed by atoms with van der Waals surface area (Å²) in [4.78, 5) is 21.3. The van der Waals surface area contributed by atoms with E-state index in [1.165, 1.54) is 6.92 Å². The third-order valence-corrected chi connectivity index (χ3v) is 5.81. The SMILES string of the molecule is Cc1c(N=Nc2c(NCc3cccc4ccccc34)ccc3n[nH]nc23)cc([N+](=O)[O-])cc1[N+](=O)[O-]. The molecule has 36 heavy (non-hydrogen) atoms. The Balaban J connectivity index is 1.55. The van der Waals surface area contributed by atoms with Crippen LogP contribution in [0.15, 0.2) is 77.0 Å². The highest BCUT2D eigenvalue weighted by atomic mass is 16.6. The molecule has 0 aliphatic carbocycles. The molecule has 2 N–H and O–H groups in total. The third kappa shape index (κ3) is 4.18. The van der Waals surface area contributed by atoms with Gasteiger partial charge in [-0.1, -0.05) is 42.5 Å². The number of nitro benzene ring substituents is 2. The first-order chi connectivity index (χ1) is 17.4. The maximum atomic E-state index is 11.4. The molecule has 0 unspecified atom stereocenters. The minimum absolute atomic E-state index is 0.0106. The maximum Gasteiger partial charge on any atom is 0.281 e. The van der Waals surface area contributed by atoms with Crippen LogP contribution >= 0.6 is 0 Å². The van der Waals surface area contributed by atoms with Crippen LogP contribution in [0.2, 0.25) is 0 Å². The first kappa shape index (κ1) is 22.5. The predicted molar refractivity (Wildman–Crippen MR) is 134 cm³/mol. The van der Waals surface area contributed by atoms with E-state index in [9.17, 15) is 20.2 Å². The highest BCUT2D eigenvalue weighted by Crippen LogP contribution is 2.37. The summed E-state index contributed by atoms with van der Waals surface area (Å²) >= 11 is 0. The second kappa shape index (κ2) is 9.18. The second-order valence-electron chi connectivity index (χ2n) is 7.97. The van der Waals surface area contributed by atoms with E-state index >= 15 is 0 Å². The van der Waals surface area contributed by atoms with Crippen LogP contribution in [0.25, 0.3) is 21.8 Å². The van der Waals surface area contributed by atoms with Crippen LogP contribution in [-0.4, -0.2) is 25.3 Å². The zero-order valence-electron chi connectivity index (χ0n) is 18.9. The summed E-state index contributed by atoms with van der Waals surface area (Å²) in [6, 6.07) is 19.7. The van der Waals surface area contributed by atoms with Gasteiger partial charge in [-0.2, -0.15) is 15.4 Å². The normalized spacial score (nSPS) is 11.4. The number of anilines is 1. The van der Waals surface area contributed by atoms with Crippen molar-refractivity contribution in [3.05, 3.63) is 98.1 Å². The molecule has 0 bridgehead atoms. The highest BCUT2D eigenvalue weighted by molar-refractivity contribution is 5.93. The Hall–Kier alpha value is -5.26.